The topological polar surface area (TPSA) is 66.4 Å². The van der Waals surface area contributed by atoms with Gasteiger partial charge in [-0.25, -0.2) is 9.97 Å². The predicted octanol–water partition coefficient (Wildman–Crippen LogP) is 4.54. The summed E-state index contributed by atoms with van der Waals surface area (Å²) < 4.78 is 0. The number of carbonyl (C=O) groups is 2. The number of amides is 2. The van der Waals surface area contributed by atoms with Gasteiger partial charge >= 0.3 is 0 Å². The summed E-state index contributed by atoms with van der Waals surface area (Å²) in [6.07, 6.45) is 14.2. The highest BCUT2D eigenvalue weighted by Crippen LogP contribution is 2.35. The number of carbonyl (C=O) groups excluding carboxylic acids is 2. The lowest BCUT2D eigenvalue weighted by Crippen LogP contribution is -2.40. The molecule has 1 aromatic rings. The Balaban J connectivity index is 1.31. The van der Waals surface area contributed by atoms with E-state index in [1.54, 1.807) is 0 Å². The van der Waals surface area contributed by atoms with E-state index in [1.165, 1.54) is 57.8 Å². The third kappa shape index (κ3) is 4.55. The lowest BCUT2D eigenvalue weighted by Gasteiger charge is -2.33. The fraction of sp³-hybridized carbons (Fsp3) is 0.769. The van der Waals surface area contributed by atoms with E-state index in [0.29, 0.717) is 30.6 Å². The van der Waals surface area contributed by atoms with Gasteiger partial charge in [0.15, 0.2) is 0 Å². The van der Waals surface area contributed by atoms with Gasteiger partial charge in [0.1, 0.15) is 11.6 Å². The van der Waals surface area contributed by atoms with Crippen molar-refractivity contribution >= 4 is 17.6 Å². The minimum absolute atomic E-state index is 0.181. The molecule has 0 aromatic carbocycles. The van der Waals surface area contributed by atoms with Crippen molar-refractivity contribution in [2.45, 2.75) is 96.3 Å². The Hall–Kier alpha value is -1.98. The Bertz CT molecular complexity index is 858. The number of hydrogen-bond acceptors (Lipinski definition) is 4. The van der Waals surface area contributed by atoms with Gasteiger partial charge in [0.2, 0.25) is 11.8 Å². The van der Waals surface area contributed by atoms with E-state index < -0.39 is 0 Å². The first-order valence-electron chi connectivity index (χ1n) is 13.0. The van der Waals surface area contributed by atoms with Gasteiger partial charge in [0.25, 0.3) is 0 Å². The zero-order chi connectivity index (χ0) is 22.1. The van der Waals surface area contributed by atoms with Gasteiger partial charge in [-0.1, -0.05) is 32.1 Å². The molecular weight excluding hydrogens is 400 g/mol. The van der Waals surface area contributed by atoms with Crippen LogP contribution in [0.15, 0.2) is 0 Å². The summed E-state index contributed by atoms with van der Waals surface area (Å²) in [5, 5.41) is 0. The first-order chi connectivity index (χ1) is 15.6. The van der Waals surface area contributed by atoms with Crippen molar-refractivity contribution in [3.8, 4) is 0 Å². The quantitative estimate of drug-likeness (QED) is 0.677. The molecule has 0 bridgehead atoms. The highest BCUT2D eigenvalue weighted by atomic mass is 16.2. The molecular formula is C26H38N4O2. The standard InChI is InChI=1S/C26H38N4O2/c1-18-22-11-12-23(31)30(16-20-9-3-2-4-10-20)26(22)28-25(27-18)21-13-14-29(17-21)24(32)15-19-7-5-6-8-19/h19-21H,2-17H2,1H3. The van der Waals surface area contributed by atoms with Crippen LogP contribution in [0.3, 0.4) is 0 Å². The molecule has 0 N–H and O–H groups in total. The SMILES string of the molecule is Cc1nc(C2CCN(C(=O)CC3CCCC3)C2)nc2c1CCC(=O)N2CC1CCCCC1. The Labute approximate surface area is 192 Å². The molecule has 32 heavy (non-hydrogen) atoms. The van der Waals surface area contributed by atoms with Crippen molar-refractivity contribution in [1.29, 1.82) is 0 Å². The van der Waals surface area contributed by atoms with Crippen molar-refractivity contribution in [3.63, 3.8) is 0 Å². The van der Waals surface area contributed by atoms with Crippen molar-refractivity contribution in [2.75, 3.05) is 24.5 Å². The Morgan fingerprint density at radius 1 is 0.938 bits per heavy atom. The fourth-order valence-electron chi connectivity index (χ4n) is 6.39. The molecule has 3 fully saturated rings. The van der Waals surface area contributed by atoms with E-state index >= 15 is 0 Å². The summed E-state index contributed by atoms with van der Waals surface area (Å²) >= 11 is 0. The smallest absolute Gasteiger partial charge is 0.228 e. The van der Waals surface area contributed by atoms with Gasteiger partial charge in [0, 0.05) is 49.7 Å². The number of hydrogen-bond donors (Lipinski definition) is 0. The van der Waals surface area contributed by atoms with E-state index in [9.17, 15) is 9.59 Å². The molecule has 1 atom stereocenters. The molecule has 6 nitrogen and oxygen atoms in total. The largest absolute Gasteiger partial charge is 0.342 e. The van der Waals surface area contributed by atoms with Crippen LogP contribution in [-0.2, 0) is 16.0 Å². The Kier molecular flexibility index (Phi) is 6.47. The monoisotopic (exact) mass is 438 g/mol. The van der Waals surface area contributed by atoms with Crippen molar-refractivity contribution in [2.24, 2.45) is 11.8 Å². The van der Waals surface area contributed by atoms with Gasteiger partial charge in [-0.15, -0.1) is 0 Å². The summed E-state index contributed by atoms with van der Waals surface area (Å²) in [4.78, 5) is 39.6. The van der Waals surface area contributed by atoms with E-state index in [0.717, 1.165) is 55.4 Å². The first kappa shape index (κ1) is 21.8. The summed E-state index contributed by atoms with van der Waals surface area (Å²) in [5.41, 5.74) is 2.16. The summed E-state index contributed by atoms with van der Waals surface area (Å²) in [7, 11) is 0. The lowest BCUT2D eigenvalue weighted by atomic mass is 9.88. The van der Waals surface area contributed by atoms with Crippen LogP contribution in [0.25, 0.3) is 0 Å². The second kappa shape index (κ2) is 9.48. The van der Waals surface area contributed by atoms with Crippen molar-refractivity contribution in [1.82, 2.24) is 14.9 Å². The highest BCUT2D eigenvalue weighted by Gasteiger charge is 2.34. The first-order valence-corrected chi connectivity index (χ1v) is 13.0. The fourth-order valence-corrected chi connectivity index (χ4v) is 6.39. The molecule has 4 aliphatic rings. The average molecular weight is 439 g/mol. The van der Waals surface area contributed by atoms with E-state index in [2.05, 4.69) is 6.92 Å². The van der Waals surface area contributed by atoms with Gasteiger partial charge in [-0.05, 0) is 57.3 Å². The van der Waals surface area contributed by atoms with E-state index in [-0.39, 0.29) is 11.8 Å². The minimum Gasteiger partial charge on any atom is -0.342 e. The zero-order valence-corrected chi connectivity index (χ0v) is 19.7. The number of rotatable bonds is 5. The van der Waals surface area contributed by atoms with Crippen molar-refractivity contribution < 1.29 is 9.59 Å². The molecule has 5 rings (SSSR count). The van der Waals surface area contributed by atoms with Crippen LogP contribution in [0, 0.1) is 18.8 Å². The normalized spacial score (nSPS) is 24.9. The van der Waals surface area contributed by atoms with Crippen LogP contribution < -0.4 is 4.90 Å². The van der Waals surface area contributed by atoms with Crippen LogP contribution in [-0.4, -0.2) is 46.3 Å². The van der Waals surface area contributed by atoms with Crippen LogP contribution in [0.1, 0.15) is 100 Å². The molecule has 3 heterocycles. The molecule has 0 radical (unpaired) electrons. The summed E-state index contributed by atoms with van der Waals surface area (Å²) in [5.74, 6) is 3.58. The van der Waals surface area contributed by atoms with E-state index in [1.807, 2.05) is 9.80 Å². The molecule has 2 saturated carbocycles. The summed E-state index contributed by atoms with van der Waals surface area (Å²) in [6, 6.07) is 0. The molecule has 1 saturated heterocycles. The molecule has 2 aliphatic carbocycles. The number of aromatic nitrogens is 2. The molecule has 1 aromatic heterocycles. The Morgan fingerprint density at radius 2 is 1.66 bits per heavy atom. The minimum atomic E-state index is 0.181. The lowest BCUT2D eigenvalue weighted by molar-refractivity contribution is -0.131. The van der Waals surface area contributed by atoms with Crippen LogP contribution in [0.5, 0.6) is 0 Å². The highest BCUT2D eigenvalue weighted by molar-refractivity contribution is 5.95. The van der Waals surface area contributed by atoms with Crippen LogP contribution in [0.2, 0.25) is 0 Å². The summed E-state index contributed by atoms with van der Waals surface area (Å²) in [6.45, 7) is 4.40. The second-order valence-corrected chi connectivity index (χ2v) is 10.7. The van der Waals surface area contributed by atoms with Gasteiger partial charge < -0.3 is 4.90 Å². The number of aryl methyl sites for hydroxylation is 1. The molecule has 1 unspecified atom stereocenters. The molecule has 0 spiro atoms. The number of nitrogens with zero attached hydrogens (tertiary/aromatic N) is 4. The third-order valence-electron chi connectivity index (χ3n) is 8.36. The molecule has 174 valence electrons. The van der Waals surface area contributed by atoms with Gasteiger partial charge in [-0.3, -0.25) is 14.5 Å². The average Bonchev–Trinajstić information content (AvgIpc) is 3.49. The number of anilines is 1. The third-order valence-corrected chi connectivity index (χ3v) is 8.36. The van der Waals surface area contributed by atoms with Gasteiger partial charge in [0.05, 0.1) is 0 Å². The van der Waals surface area contributed by atoms with Crippen LogP contribution in [0.4, 0.5) is 5.82 Å². The number of fused-ring (bicyclic) bond motifs is 1. The maximum atomic E-state index is 12.9. The maximum absolute atomic E-state index is 12.9. The zero-order valence-electron chi connectivity index (χ0n) is 19.7. The van der Waals surface area contributed by atoms with Crippen molar-refractivity contribution in [3.05, 3.63) is 17.1 Å². The molecule has 2 aliphatic heterocycles. The molecule has 6 heteroatoms. The second-order valence-electron chi connectivity index (χ2n) is 10.7. The Morgan fingerprint density at radius 3 is 2.44 bits per heavy atom. The van der Waals surface area contributed by atoms with Gasteiger partial charge in [-0.2, -0.15) is 0 Å². The number of likely N-dealkylation sites (tertiary alicyclic amines) is 1. The van der Waals surface area contributed by atoms with Crippen LogP contribution >= 0.6 is 0 Å². The molecule has 2 amide bonds. The maximum Gasteiger partial charge on any atom is 0.228 e. The predicted molar refractivity (Wildman–Crippen MR) is 125 cm³/mol. The van der Waals surface area contributed by atoms with E-state index in [4.69, 9.17) is 9.97 Å².